The van der Waals surface area contributed by atoms with Crippen LogP contribution in [0.2, 0.25) is 0 Å². The van der Waals surface area contributed by atoms with Gasteiger partial charge in [-0.2, -0.15) is 23.8 Å². The summed E-state index contributed by atoms with van der Waals surface area (Å²) in [5.41, 5.74) is 4.29. The molecule has 0 fully saturated rings. The van der Waals surface area contributed by atoms with E-state index < -0.39 is 0 Å². The van der Waals surface area contributed by atoms with Crippen molar-refractivity contribution in [2.45, 2.75) is 26.7 Å². The van der Waals surface area contributed by atoms with E-state index in [4.69, 9.17) is 0 Å². The van der Waals surface area contributed by atoms with Crippen molar-refractivity contribution in [2.24, 2.45) is 5.92 Å². The fourth-order valence-electron chi connectivity index (χ4n) is 2.92. The Balaban J connectivity index is -0.000000233. The van der Waals surface area contributed by atoms with Crippen molar-refractivity contribution in [3.05, 3.63) is 121 Å². The monoisotopic (exact) mass is 541 g/mol. The summed E-state index contributed by atoms with van der Waals surface area (Å²) in [5.74, 6) is 0.704. The second-order valence-electron chi connectivity index (χ2n) is 6.25. The number of fused-ring (bicyclic) bond motifs is 2. The summed E-state index contributed by atoms with van der Waals surface area (Å²) in [6.45, 7) is 4.54. The maximum Gasteiger partial charge on any atom is 0 e. The Morgan fingerprint density at radius 3 is 1.86 bits per heavy atom. The van der Waals surface area contributed by atoms with Gasteiger partial charge in [0, 0.05) is 25.8 Å². The van der Waals surface area contributed by atoms with E-state index in [9.17, 15) is 0 Å². The van der Waals surface area contributed by atoms with Gasteiger partial charge in [0.1, 0.15) is 0 Å². The largest absolute Gasteiger partial charge is 0.358 e. The summed E-state index contributed by atoms with van der Waals surface area (Å²) in [6.07, 6.45) is 5.68. The van der Waals surface area contributed by atoms with Crippen LogP contribution in [0, 0.1) is 49.1 Å². The number of hydrogen-bond donors (Lipinski definition) is 0. The predicted octanol–water partition coefficient (Wildman–Crippen LogP) is 8.28. The Morgan fingerprint density at radius 2 is 1.39 bits per heavy atom. The van der Waals surface area contributed by atoms with Crippen LogP contribution in [0.15, 0.2) is 66.7 Å². The molecule has 0 saturated carbocycles. The van der Waals surface area contributed by atoms with Crippen molar-refractivity contribution in [3.8, 4) is 0 Å². The summed E-state index contributed by atoms with van der Waals surface area (Å²) in [4.78, 5) is 0. The molecule has 156 valence electrons. The standard InChI is InChI=1S/C17H17.C5H5.5CH3.Hf/c1-12(2)9-15-7-8-16-10-13-5-3-4-6-14(13)11-17(15)16;1-2-4-5-3-1;;;;;;/h3-6,10-12H,8-9H2,1-2H3;1-5H;5*1H3;/q7*-1;. The predicted molar refractivity (Wildman–Crippen MR) is 128 cm³/mol. The Bertz CT molecular complexity index is 747. The van der Waals surface area contributed by atoms with Gasteiger partial charge >= 0.3 is 0 Å². The van der Waals surface area contributed by atoms with E-state index in [0.29, 0.717) is 5.92 Å². The van der Waals surface area contributed by atoms with E-state index >= 15 is 0 Å². The third-order valence-corrected chi connectivity index (χ3v) is 3.96. The van der Waals surface area contributed by atoms with Crippen molar-refractivity contribution in [1.82, 2.24) is 0 Å². The maximum absolute atomic E-state index is 3.54. The molecule has 3 aromatic carbocycles. The molecule has 0 heterocycles. The summed E-state index contributed by atoms with van der Waals surface area (Å²) in [5, 5.41) is 2.69. The van der Waals surface area contributed by atoms with Crippen molar-refractivity contribution >= 4 is 16.3 Å². The van der Waals surface area contributed by atoms with E-state index in [0.717, 1.165) is 12.8 Å². The molecule has 0 amide bonds. The Kier molecular flexibility index (Phi) is 20.3. The van der Waals surface area contributed by atoms with Gasteiger partial charge < -0.3 is 37.1 Å². The van der Waals surface area contributed by atoms with Gasteiger partial charge in [0.15, 0.2) is 0 Å². The first kappa shape index (κ1) is 34.2. The average Bonchev–Trinajstić information content (AvgIpc) is 3.19. The molecular formula is C27H37Hf-7. The van der Waals surface area contributed by atoms with E-state index in [-0.39, 0.29) is 63.0 Å². The van der Waals surface area contributed by atoms with Gasteiger partial charge in [-0.15, -0.1) is 18.1 Å². The molecule has 0 aromatic heterocycles. The number of hydrogen-bond acceptors (Lipinski definition) is 0. The zero-order valence-electron chi connectivity index (χ0n) is 18.8. The number of allylic oxidation sites excluding steroid dienone is 2. The molecule has 0 N–H and O–H groups in total. The fourth-order valence-corrected chi connectivity index (χ4v) is 2.92. The van der Waals surface area contributed by atoms with Gasteiger partial charge in [0.2, 0.25) is 0 Å². The summed E-state index contributed by atoms with van der Waals surface area (Å²) in [7, 11) is 0. The van der Waals surface area contributed by atoms with Crippen LogP contribution in [-0.4, -0.2) is 0 Å². The molecule has 1 aliphatic carbocycles. The van der Waals surface area contributed by atoms with Gasteiger partial charge in [-0.05, 0) is 16.7 Å². The first-order valence-corrected chi connectivity index (χ1v) is 8.02. The number of rotatable bonds is 2. The van der Waals surface area contributed by atoms with Gasteiger partial charge in [0.25, 0.3) is 0 Å². The Hall–Kier alpha value is -1.34. The van der Waals surface area contributed by atoms with E-state index in [1.54, 1.807) is 0 Å². The van der Waals surface area contributed by atoms with E-state index in [1.807, 2.05) is 30.3 Å². The van der Waals surface area contributed by atoms with Gasteiger partial charge in [-0.3, -0.25) is 6.08 Å². The van der Waals surface area contributed by atoms with Crippen molar-refractivity contribution in [1.29, 1.82) is 0 Å². The van der Waals surface area contributed by atoms with E-state index in [2.05, 4.69) is 56.3 Å². The van der Waals surface area contributed by atoms with Crippen LogP contribution in [0.1, 0.15) is 31.4 Å². The fraction of sp³-hybridized carbons (Fsp3) is 0.185. The zero-order valence-corrected chi connectivity index (χ0v) is 22.4. The van der Waals surface area contributed by atoms with Crippen LogP contribution in [0.25, 0.3) is 16.3 Å². The van der Waals surface area contributed by atoms with Gasteiger partial charge in [-0.1, -0.05) is 50.6 Å². The zero-order chi connectivity index (χ0) is 15.4. The SMILES string of the molecule is CC(C)CC1=[C-]Cc2cc3ccccc3cc21.[CH3-].[CH3-].[CH3-].[CH3-].[CH3-].[Hf].c1cc[cH-]c1. The topological polar surface area (TPSA) is 0 Å². The molecule has 0 radical (unpaired) electrons. The molecule has 0 saturated heterocycles. The molecule has 28 heavy (non-hydrogen) atoms. The molecule has 4 rings (SSSR count). The van der Waals surface area contributed by atoms with Crippen LogP contribution < -0.4 is 0 Å². The molecule has 0 spiro atoms. The molecule has 3 aromatic rings. The van der Waals surface area contributed by atoms with Crippen molar-refractivity contribution in [3.63, 3.8) is 0 Å². The number of benzene rings is 2. The molecule has 0 unspecified atom stereocenters. The summed E-state index contributed by atoms with van der Waals surface area (Å²) in [6, 6.07) is 23.3. The normalized spacial score (nSPS) is 10.0. The van der Waals surface area contributed by atoms with Crippen LogP contribution in [0.5, 0.6) is 0 Å². The van der Waals surface area contributed by atoms with Gasteiger partial charge in [0.05, 0.1) is 0 Å². The van der Waals surface area contributed by atoms with Crippen LogP contribution in [0.3, 0.4) is 0 Å². The molecule has 0 nitrogen and oxygen atoms in total. The quantitative estimate of drug-likeness (QED) is 0.227. The van der Waals surface area contributed by atoms with Crippen LogP contribution in [-0.2, 0) is 32.3 Å². The van der Waals surface area contributed by atoms with Crippen LogP contribution >= 0.6 is 0 Å². The summed E-state index contributed by atoms with van der Waals surface area (Å²) < 4.78 is 0. The molecule has 0 atom stereocenters. The first-order chi connectivity index (χ1) is 10.7. The molecular weight excluding hydrogens is 503 g/mol. The smallest absolute Gasteiger partial charge is 0 e. The minimum Gasteiger partial charge on any atom is -0.358 e. The first-order valence-electron chi connectivity index (χ1n) is 8.02. The summed E-state index contributed by atoms with van der Waals surface area (Å²) >= 11 is 0. The molecule has 1 heteroatoms. The third kappa shape index (κ3) is 8.78. The van der Waals surface area contributed by atoms with Gasteiger partial charge in [-0.25, -0.2) is 17.7 Å². The van der Waals surface area contributed by atoms with Crippen molar-refractivity contribution in [2.75, 3.05) is 0 Å². The molecule has 0 aliphatic heterocycles. The molecule has 1 aliphatic rings. The maximum atomic E-state index is 3.54. The molecule has 0 bridgehead atoms. The third-order valence-electron chi connectivity index (χ3n) is 3.96. The minimum absolute atomic E-state index is 0. The Morgan fingerprint density at radius 1 is 0.857 bits per heavy atom. The van der Waals surface area contributed by atoms with Crippen molar-refractivity contribution < 1.29 is 25.8 Å². The Labute approximate surface area is 195 Å². The second-order valence-corrected chi connectivity index (χ2v) is 6.25. The minimum atomic E-state index is 0. The van der Waals surface area contributed by atoms with E-state index in [1.165, 1.54) is 27.5 Å². The van der Waals surface area contributed by atoms with Crippen LogP contribution in [0.4, 0.5) is 0 Å². The second kappa shape index (κ2) is 16.6. The average molecular weight is 540 g/mol.